The summed E-state index contributed by atoms with van der Waals surface area (Å²) in [6.07, 6.45) is 3.18. The number of nitrogens with zero attached hydrogens (tertiary/aromatic N) is 1. The number of halogens is 3. The van der Waals surface area contributed by atoms with Crippen molar-refractivity contribution < 1.29 is 4.79 Å². The minimum atomic E-state index is -1.95. The molecule has 6 heteroatoms. The molecular weight excluding hydrogens is 270 g/mol. The summed E-state index contributed by atoms with van der Waals surface area (Å²) in [6.45, 7) is 1.80. The highest BCUT2D eigenvalue weighted by Gasteiger charge is 2.33. The van der Waals surface area contributed by atoms with Crippen molar-refractivity contribution in [1.29, 1.82) is 0 Å². The molecular formula is C10H7Cl3N2O. The van der Waals surface area contributed by atoms with E-state index in [1.165, 1.54) is 6.20 Å². The molecule has 2 aromatic rings. The number of fused-ring (bicyclic) bond motifs is 1. The third-order valence-corrected chi connectivity index (χ3v) is 2.80. The van der Waals surface area contributed by atoms with Crippen LogP contribution in [0.1, 0.15) is 16.1 Å². The number of carbonyl (C=O) groups excluding carboxylic acids is 1. The number of aromatic nitrogens is 2. The molecule has 3 nitrogen and oxygen atoms in total. The molecule has 0 spiro atoms. The van der Waals surface area contributed by atoms with Crippen LogP contribution in [0.4, 0.5) is 0 Å². The molecule has 0 saturated carbocycles. The molecule has 0 aliphatic heterocycles. The zero-order valence-corrected chi connectivity index (χ0v) is 10.5. The van der Waals surface area contributed by atoms with Crippen molar-refractivity contribution in [3.8, 4) is 0 Å². The van der Waals surface area contributed by atoms with E-state index in [2.05, 4.69) is 9.97 Å². The van der Waals surface area contributed by atoms with Crippen LogP contribution in [-0.2, 0) is 0 Å². The average Bonchev–Trinajstić information content (AvgIpc) is 2.60. The number of hydrogen-bond donors (Lipinski definition) is 1. The summed E-state index contributed by atoms with van der Waals surface area (Å²) in [6, 6.07) is 1.76. The van der Waals surface area contributed by atoms with Gasteiger partial charge >= 0.3 is 0 Å². The summed E-state index contributed by atoms with van der Waals surface area (Å²) in [7, 11) is 0. The summed E-state index contributed by atoms with van der Waals surface area (Å²) < 4.78 is -1.95. The first kappa shape index (κ1) is 11.7. The maximum absolute atomic E-state index is 11.8. The second kappa shape index (κ2) is 3.91. The van der Waals surface area contributed by atoms with Crippen LogP contribution in [0.5, 0.6) is 0 Å². The van der Waals surface area contributed by atoms with Crippen molar-refractivity contribution in [2.24, 2.45) is 0 Å². The zero-order valence-electron chi connectivity index (χ0n) is 8.22. The fourth-order valence-corrected chi connectivity index (χ4v) is 1.89. The number of rotatable bonds is 1. The van der Waals surface area contributed by atoms with Gasteiger partial charge in [0.25, 0.3) is 3.79 Å². The Kier molecular flexibility index (Phi) is 2.86. The number of ketones is 1. The molecule has 2 rings (SSSR count). The molecule has 0 radical (unpaired) electrons. The predicted molar refractivity (Wildman–Crippen MR) is 65.5 cm³/mol. The maximum atomic E-state index is 11.8. The number of H-pyrrole nitrogens is 1. The Morgan fingerprint density at radius 1 is 1.44 bits per heavy atom. The fraction of sp³-hybridized carbons (Fsp3) is 0.200. The van der Waals surface area contributed by atoms with Crippen LogP contribution in [0.2, 0.25) is 0 Å². The van der Waals surface area contributed by atoms with Crippen molar-refractivity contribution in [3.63, 3.8) is 0 Å². The van der Waals surface area contributed by atoms with Crippen molar-refractivity contribution in [2.45, 2.75) is 10.7 Å². The molecule has 0 bridgehead atoms. The van der Waals surface area contributed by atoms with E-state index in [1.807, 2.05) is 0 Å². The molecule has 1 N–H and O–H groups in total. The summed E-state index contributed by atoms with van der Waals surface area (Å²) in [5.41, 5.74) is 1.86. The van der Waals surface area contributed by atoms with Gasteiger partial charge in [-0.1, -0.05) is 34.8 Å². The van der Waals surface area contributed by atoms with E-state index in [1.54, 1.807) is 19.2 Å². The normalized spacial score (nSPS) is 12.0. The third-order valence-electron chi connectivity index (χ3n) is 2.28. The Morgan fingerprint density at radius 2 is 2.12 bits per heavy atom. The van der Waals surface area contributed by atoms with Gasteiger partial charge in [-0.2, -0.15) is 0 Å². The van der Waals surface area contributed by atoms with E-state index in [9.17, 15) is 4.79 Å². The van der Waals surface area contributed by atoms with Crippen LogP contribution in [0.15, 0.2) is 18.5 Å². The topological polar surface area (TPSA) is 45.8 Å². The van der Waals surface area contributed by atoms with Crippen molar-refractivity contribution in [1.82, 2.24) is 9.97 Å². The number of alkyl halides is 3. The van der Waals surface area contributed by atoms with Gasteiger partial charge in [-0.3, -0.25) is 9.78 Å². The third kappa shape index (κ3) is 1.90. The first-order valence-electron chi connectivity index (χ1n) is 4.45. The van der Waals surface area contributed by atoms with E-state index in [-0.39, 0.29) is 0 Å². The second-order valence-corrected chi connectivity index (χ2v) is 5.63. The highest BCUT2D eigenvalue weighted by atomic mass is 35.6. The molecule has 2 aromatic heterocycles. The lowest BCUT2D eigenvalue weighted by Crippen LogP contribution is -2.18. The minimum Gasteiger partial charge on any atom is -0.360 e. The van der Waals surface area contributed by atoms with Crippen LogP contribution < -0.4 is 0 Å². The molecule has 0 aliphatic rings. The van der Waals surface area contributed by atoms with Crippen LogP contribution in [0.25, 0.3) is 10.9 Å². The van der Waals surface area contributed by atoms with Gasteiger partial charge in [0, 0.05) is 34.6 Å². The van der Waals surface area contributed by atoms with Crippen LogP contribution >= 0.6 is 34.8 Å². The van der Waals surface area contributed by atoms with Gasteiger partial charge in [0.2, 0.25) is 5.78 Å². The molecule has 0 fully saturated rings. The first-order chi connectivity index (χ1) is 7.41. The smallest absolute Gasteiger partial charge is 0.253 e. The van der Waals surface area contributed by atoms with Crippen LogP contribution in [-0.4, -0.2) is 19.5 Å². The Labute approximate surface area is 107 Å². The Balaban J connectivity index is 2.67. The average molecular weight is 278 g/mol. The lowest BCUT2D eigenvalue weighted by Gasteiger charge is -2.08. The molecule has 0 saturated heterocycles. The van der Waals surface area contributed by atoms with Gasteiger partial charge in [0.15, 0.2) is 0 Å². The first-order valence-corrected chi connectivity index (χ1v) is 5.59. The summed E-state index contributed by atoms with van der Waals surface area (Å²) in [4.78, 5) is 18.9. The van der Waals surface area contributed by atoms with E-state index in [0.717, 1.165) is 11.2 Å². The summed E-state index contributed by atoms with van der Waals surface area (Å²) >= 11 is 16.7. The second-order valence-electron chi connectivity index (χ2n) is 3.35. The number of nitrogens with one attached hydrogen (secondary N) is 1. The van der Waals surface area contributed by atoms with Crippen LogP contribution in [0.3, 0.4) is 0 Å². The number of aryl methyl sites for hydroxylation is 1. The number of carbonyl (C=O) groups is 1. The summed E-state index contributed by atoms with van der Waals surface area (Å²) in [5.74, 6) is -0.556. The standard InChI is InChI=1S/C10H7Cl3N2O/c1-5-8-6(9(16)10(11,12)13)4-15-7(8)2-3-14-5/h2-4,15H,1H3. The number of Topliss-reactive ketones (excluding diaryl/α,β-unsaturated/α-hetero) is 1. The Hall–Kier alpha value is -0.770. The molecule has 16 heavy (non-hydrogen) atoms. The van der Waals surface area contributed by atoms with Crippen LogP contribution in [0, 0.1) is 6.92 Å². The van der Waals surface area contributed by atoms with Gasteiger partial charge in [0.05, 0.1) is 0 Å². The highest BCUT2D eigenvalue weighted by molar-refractivity contribution is 6.77. The fourth-order valence-electron chi connectivity index (χ4n) is 1.58. The summed E-state index contributed by atoms with van der Waals surface area (Å²) in [5, 5.41) is 0.693. The maximum Gasteiger partial charge on any atom is 0.253 e. The minimum absolute atomic E-state index is 0.348. The monoisotopic (exact) mass is 276 g/mol. The lowest BCUT2D eigenvalue weighted by molar-refractivity contribution is 0.0998. The van der Waals surface area contributed by atoms with Gasteiger partial charge < -0.3 is 4.98 Å². The van der Waals surface area contributed by atoms with Crippen molar-refractivity contribution in [3.05, 3.63) is 29.7 Å². The number of aromatic amines is 1. The number of hydrogen-bond acceptors (Lipinski definition) is 2. The molecule has 84 valence electrons. The highest BCUT2D eigenvalue weighted by Crippen LogP contribution is 2.33. The molecule has 0 amide bonds. The lowest BCUT2D eigenvalue weighted by atomic mass is 10.1. The van der Waals surface area contributed by atoms with Crippen molar-refractivity contribution in [2.75, 3.05) is 0 Å². The quantitative estimate of drug-likeness (QED) is 0.641. The number of pyridine rings is 1. The predicted octanol–water partition coefficient (Wildman–Crippen LogP) is 3.42. The molecule has 0 atom stereocenters. The molecule has 0 aliphatic carbocycles. The van der Waals surface area contributed by atoms with E-state index in [0.29, 0.717) is 10.9 Å². The van der Waals surface area contributed by atoms with Crippen molar-refractivity contribution >= 4 is 51.5 Å². The molecule has 0 unspecified atom stereocenters. The zero-order chi connectivity index (χ0) is 11.9. The van der Waals surface area contributed by atoms with Gasteiger partial charge in [0.1, 0.15) is 0 Å². The van der Waals surface area contributed by atoms with E-state index < -0.39 is 9.58 Å². The van der Waals surface area contributed by atoms with Gasteiger partial charge in [-0.25, -0.2) is 0 Å². The van der Waals surface area contributed by atoms with E-state index in [4.69, 9.17) is 34.8 Å². The molecule has 0 aromatic carbocycles. The largest absolute Gasteiger partial charge is 0.360 e. The Morgan fingerprint density at radius 3 is 2.75 bits per heavy atom. The SMILES string of the molecule is Cc1nccc2[nH]cc(C(=O)C(Cl)(Cl)Cl)c12. The van der Waals surface area contributed by atoms with Gasteiger partial charge in [-0.05, 0) is 13.0 Å². The Bertz CT molecular complexity index is 557. The van der Waals surface area contributed by atoms with E-state index >= 15 is 0 Å². The molecule has 2 heterocycles. The van der Waals surface area contributed by atoms with Gasteiger partial charge in [-0.15, -0.1) is 0 Å².